The summed E-state index contributed by atoms with van der Waals surface area (Å²) in [4.78, 5) is 16.1. The van der Waals surface area contributed by atoms with Gasteiger partial charge < -0.3 is 5.11 Å². The molecular weight excluding hydrogens is 238 g/mol. The molecule has 2 aromatic rings. The molecule has 0 spiro atoms. The van der Waals surface area contributed by atoms with E-state index in [1.807, 2.05) is 24.3 Å². The number of Topliss-reactive ketones (excluding diaryl/α,β-unsaturated/α-hetero) is 1. The Labute approximate surface area is 112 Å². The number of carbonyl (C=O) groups is 1. The Bertz CT molecular complexity index is 535. The lowest BCUT2D eigenvalue weighted by molar-refractivity contribution is 0.0397. The molecule has 98 valence electrons. The zero-order valence-electron chi connectivity index (χ0n) is 10.9. The van der Waals surface area contributed by atoms with Crippen LogP contribution in [0.5, 0.6) is 0 Å². The van der Waals surface area contributed by atoms with E-state index in [9.17, 15) is 9.90 Å². The van der Waals surface area contributed by atoms with Gasteiger partial charge in [-0.2, -0.15) is 0 Å². The number of aromatic nitrogens is 1. The fraction of sp³-hybridized carbons (Fsp3) is 0.250. The van der Waals surface area contributed by atoms with Gasteiger partial charge in [-0.05, 0) is 25.5 Å². The second-order valence-electron chi connectivity index (χ2n) is 4.78. The van der Waals surface area contributed by atoms with Crippen molar-refractivity contribution in [1.29, 1.82) is 0 Å². The van der Waals surface area contributed by atoms with E-state index in [0.717, 1.165) is 0 Å². The lowest BCUT2D eigenvalue weighted by Crippen LogP contribution is -2.23. The van der Waals surface area contributed by atoms with Crippen LogP contribution in [0.15, 0.2) is 54.7 Å². The Balaban J connectivity index is 2.01. The summed E-state index contributed by atoms with van der Waals surface area (Å²) in [6.07, 6.45) is 2.30. The third kappa shape index (κ3) is 3.48. The summed E-state index contributed by atoms with van der Waals surface area (Å²) in [6, 6.07) is 14.5. The Kier molecular flexibility index (Phi) is 4.07. The Morgan fingerprint density at radius 2 is 1.84 bits per heavy atom. The van der Waals surface area contributed by atoms with Gasteiger partial charge in [0.25, 0.3) is 0 Å². The maximum atomic E-state index is 12.0. The highest BCUT2D eigenvalue weighted by atomic mass is 16.3. The summed E-state index contributed by atoms with van der Waals surface area (Å²) in [7, 11) is 0. The summed E-state index contributed by atoms with van der Waals surface area (Å²) < 4.78 is 0. The smallest absolute Gasteiger partial charge is 0.162 e. The first-order chi connectivity index (χ1) is 9.09. The van der Waals surface area contributed by atoms with Crippen LogP contribution in [0.1, 0.15) is 35.8 Å². The molecule has 3 heteroatoms. The minimum absolute atomic E-state index is 0.0387. The average molecular weight is 255 g/mol. The molecule has 19 heavy (non-hydrogen) atoms. The molecule has 0 aliphatic carbocycles. The Morgan fingerprint density at radius 3 is 2.47 bits per heavy atom. The van der Waals surface area contributed by atoms with Gasteiger partial charge in [-0.1, -0.05) is 36.4 Å². The maximum absolute atomic E-state index is 12.0. The number of hydrogen-bond acceptors (Lipinski definition) is 3. The number of nitrogens with zero attached hydrogens (tertiary/aromatic N) is 1. The second-order valence-corrected chi connectivity index (χ2v) is 4.78. The van der Waals surface area contributed by atoms with Crippen LogP contribution >= 0.6 is 0 Å². The average Bonchev–Trinajstić information content (AvgIpc) is 2.47. The van der Waals surface area contributed by atoms with Gasteiger partial charge in [-0.25, -0.2) is 0 Å². The van der Waals surface area contributed by atoms with Crippen LogP contribution < -0.4 is 0 Å². The highest BCUT2D eigenvalue weighted by Gasteiger charge is 2.25. The quantitative estimate of drug-likeness (QED) is 0.836. The molecule has 3 nitrogen and oxygen atoms in total. The summed E-state index contributed by atoms with van der Waals surface area (Å²) in [6.45, 7) is 1.69. The van der Waals surface area contributed by atoms with Crippen molar-refractivity contribution < 1.29 is 9.90 Å². The summed E-state index contributed by atoms with van der Waals surface area (Å²) in [5.41, 5.74) is 0.196. The van der Waals surface area contributed by atoms with Gasteiger partial charge in [-0.15, -0.1) is 0 Å². The molecule has 1 N–H and O–H groups in total. The normalized spacial score (nSPS) is 13.8. The largest absolute Gasteiger partial charge is 0.384 e. The fourth-order valence-electron chi connectivity index (χ4n) is 1.93. The third-order valence-electron chi connectivity index (χ3n) is 3.15. The standard InChI is InChI=1S/C16H17NO2/c1-16(19,15-9-5-6-12-17-15)11-10-14(18)13-7-3-2-4-8-13/h2-9,12,19H,10-11H2,1H3. The second kappa shape index (κ2) is 5.76. The molecule has 0 fully saturated rings. The molecule has 0 amide bonds. The number of carbonyl (C=O) groups excluding carboxylic acids is 1. The summed E-state index contributed by atoms with van der Waals surface area (Å²) in [5.74, 6) is 0.0387. The van der Waals surface area contributed by atoms with Crippen LogP contribution in [-0.2, 0) is 5.60 Å². The van der Waals surface area contributed by atoms with E-state index in [-0.39, 0.29) is 5.78 Å². The van der Waals surface area contributed by atoms with E-state index in [4.69, 9.17) is 0 Å². The SMILES string of the molecule is CC(O)(CCC(=O)c1ccccc1)c1ccccn1. The molecule has 1 unspecified atom stereocenters. The highest BCUT2D eigenvalue weighted by molar-refractivity contribution is 5.96. The van der Waals surface area contributed by atoms with Gasteiger partial charge in [0, 0.05) is 18.2 Å². The Hall–Kier alpha value is -2.00. The lowest BCUT2D eigenvalue weighted by Gasteiger charge is -2.22. The highest BCUT2D eigenvalue weighted by Crippen LogP contribution is 2.24. The van der Waals surface area contributed by atoms with Crippen molar-refractivity contribution in [3.8, 4) is 0 Å². The topological polar surface area (TPSA) is 50.2 Å². The van der Waals surface area contributed by atoms with Crippen LogP contribution in [-0.4, -0.2) is 15.9 Å². The number of pyridine rings is 1. The van der Waals surface area contributed by atoms with E-state index >= 15 is 0 Å². The first kappa shape index (κ1) is 13.4. The monoisotopic (exact) mass is 255 g/mol. The maximum Gasteiger partial charge on any atom is 0.162 e. The molecule has 1 aromatic carbocycles. The first-order valence-electron chi connectivity index (χ1n) is 6.32. The van der Waals surface area contributed by atoms with Crippen LogP contribution in [0.3, 0.4) is 0 Å². The van der Waals surface area contributed by atoms with Crippen LogP contribution in [0, 0.1) is 0 Å². The molecule has 2 rings (SSSR count). The summed E-state index contributed by atoms with van der Waals surface area (Å²) >= 11 is 0. The van der Waals surface area contributed by atoms with E-state index in [1.54, 1.807) is 37.4 Å². The van der Waals surface area contributed by atoms with Crippen LogP contribution in [0.25, 0.3) is 0 Å². The zero-order valence-corrected chi connectivity index (χ0v) is 10.9. The van der Waals surface area contributed by atoms with Crippen molar-refractivity contribution in [2.24, 2.45) is 0 Å². The van der Waals surface area contributed by atoms with Gasteiger partial charge in [-0.3, -0.25) is 9.78 Å². The van der Waals surface area contributed by atoms with Gasteiger partial charge >= 0.3 is 0 Å². The van der Waals surface area contributed by atoms with E-state index < -0.39 is 5.60 Å². The molecule has 0 saturated carbocycles. The third-order valence-corrected chi connectivity index (χ3v) is 3.15. The van der Waals surface area contributed by atoms with Gasteiger partial charge in [0.1, 0.15) is 5.60 Å². The number of ketones is 1. The predicted molar refractivity (Wildman–Crippen MR) is 73.8 cm³/mol. The van der Waals surface area contributed by atoms with E-state index in [2.05, 4.69) is 4.98 Å². The molecule has 0 aliphatic rings. The van der Waals surface area contributed by atoms with Crippen LogP contribution in [0.2, 0.25) is 0 Å². The van der Waals surface area contributed by atoms with Crippen molar-refractivity contribution in [3.63, 3.8) is 0 Å². The van der Waals surface area contributed by atoms with E-state index in [0.29, 0.717) is 24.1 Å². The molecule has 1 atom stereocenters. The molecular formula is C16H17NO2. The minimum atomic E-state index is -1.08. The molecule has 0 radical (unpaired) electrons. The first-order valence-corrected chi connectivity index (χ1v) is 6.32. The van der Waals surface area contributed by atoms with Gasteiger partial charge in [0.15, 0.2) is 5.78 Å². The predicted octanol–water partition coefficient (Wildman–Crippen LogP) is 2.95. The van der Waals surface area contributed by atoms with Crippen molar-refractivity contribution in [1.82, 2.24) is 4.98 Å². The molecule has 1 heterocycles. The number of hydrogen-bond donors (Lipinski definition) is 1. The number of benzene rings is 1. The van der Waals surface area contributed by atoms with Crippen molar-refractivity contribution in [2.45, 2.75) is 25.4 Å². The number of aliphatic hydroxyl groups is 1. The van der Waals surface area contributed by atoms with E-state index in [1.165, 1.54) is 0 Å². The summed E-state index contributed by atoms with van der Waals surface area (Å²) in [5, 5.41) is 10.4. The fourth-order valence-corrected chi connectivity index (χ4v) is 1.93. The number of rotatable bonds is 5. The lowest BCUT2D eigenvalue weighted by atomic mass is 9.93. The van der Waals surface area contributed by atoms with Crippen molar-refractivity contribution in [3.05, 3.63) is 66.0 Å². The van der Waals surface area contributed by atoms with Crippen LogP contribution in [0.4, 0.5) is 0 Å². The Morgan fingerprint density at radius 1 is 1.16 bits per heavy atom. The van der Waals surface area contributed by atoms with Crippen molar-refractivity contribution in [2.75, 3.05) is 0 Å². The molecule has 0 bridgehead atoms. The molecule has 1 aromatic heterocycles. The molecule has 0 saturated heterocycles. The van der Waals surface area contributed by atoms with Gasteiger partial charge in [0.05, 0.1) is 5.69 Å². The van der Waals surface area contributed by atoms with Gasteiger partial charge in [0.2, 0.25) is 0 Å². The van der Waals surface area contributed by atoms with Crippen molar-refractivity contribution >= 4 is 5.78 Å². The molecule has 0 aliphatic heterocycles. The zero-order chi connectivity index (χ0) is 13.7. The minimum Gasteiger partial charge on any atom is -0.384 e.